The molecule has 23 heavy (non-hydrogen) atoms. The molecule has 0 aromatic carbocycles. The molecule has 1 aliphatic rings. The first kappa shape index (κ1) is 19.6. The van der Waals surface area contributed by atoms with E-state index in [9.17, 15) is 53.1 Å². The summed E-state index contributed by atoms with van der Waals surface area (Å²) in [6.45, 7) is 0. The highest BCUT2D eigenvalue weighted by molar-refractivity contribution is 5.79. The van der Waals surface area contributed by atoms with Crippen molar-refractivity contribution in [3.05, 3.63) is 0 Å². The second kappa shape index (κ2) is 4.79. The van der Waals surface area contributed by atoms with Gasteiger partial charge in [0.15, 0.2) is 0 Å². The van der Waals surface area contributed by atoms with Crippen LogP contribution < -0.4 is 0 Å². The third-order valence-electron chi connectivity index (χ3n) is 2.19. The van der Waals surface area contributed by atoms with E-state index in [1.165, 1.54) is 0 Å². The van der Waals surface area contributed by atoms with Crippen molar-refractivity contribution in [1.29, 1.82) is 0 Å². The second-order valence-corrected chi connectivity index (χ2v) is 3.80. The first-order chi connectivity index (χ1) is 9.81. The van der Waals surface area contributed by atoms with E-state index in [4.69, 9.17) is 5.11 Å². The minimum absolute atomic E-state index is 1.78. The van der Waals surface area contributed by atoms with Crippen LogP contribution in [0.5, 0.6) is 0 Å². The van der Waals surface area contributed by atoms with Gasteiger partial charge in [-0.2, -0.15) is 35.1 Å². The zero-order valence-corrected chi connectivity index (χ0v) is 9.74. The van der Waals surface area contributed by atoms with E-state index >= 15 is 0 Å². The molecule has 1 N–H and O–H groups in total. The molecule has 16 heteroatoms. The van der Waals surface area contributed by atoms with E-state index in [0.717, 1.165) is 0 Å². The maximum absolute atomic E-state index is 13.5. The van der Waals surface area contributed by atoms with Crippen LogP contribution in [-0.2, 0) is 19.0 Å². The summed E-state index contributed by atoms with van der Waals surface area (Å²) in [5, 5.41) is 8.03. The first-order valence-electron chi connectivity index (χ1n) is 4.73. The SMILES string of the molecule is O=C(O)C1(F)C(F)(F)OC(F)(F)OC(F)(F)C(F)(F)OC1(F)F. The zero-order valence-electron chi connectivity index (χ0n) is 9.74. The molecule has 0 bridgehead atoms. The predicted molar refractivity (Wildman–Crippen MR) is 39.5 cm³/mol. The quantitative estimate of drug-likeness (QED) is 0.716. The zero-order chi connectivity index (χ0) is 18.7. The van der Waals surface area contributed by atoms with Crippen molar-refractivity contribution < 1.29 is 72.4 Å². The number of hydrogen-bond acceptors (Lipinski definition) is 4. The van der Waals surface area contributed by atoms with Crippen LogP contribution in [0.4, 0.5) is 48.3 Å². The van der Waals surface area contributed by atoms with Gasteiger partial charge in [0.2, 0.25) is 0 Å². The van der Waals surface area contributed by atoms with Crippen molar-refractivity contribution in [2.75, 3.05) is 0 Å². The van der Waals surface area contributed by atoms with E-state index in [0.29, 0.717) is 0 Å². The van der Waals surface area contributed by atoms with Crippen molar-refractivity contribution >= 4 is 5.97 Å². The van der Waals surface area contributed by atoms with Crippen LogP contribution in [0.1, 0.15) is 0 Å². The maximum atomic E-state index is 13.5. The van der Waals surface area contributed by atoms with Crippen LogP contribution in [-0.4, -0.2) is 47.5 Å². The molecule has 136 valence electrons. The van der Waals surface area contributed by atoms with Crippen molar-refractivity contribution in [2.45, 2.75) is 36.4 Å². The number of rotatable bonds is 1. The number of carboxylic acids is 1. The molecule has 1 fully saturated rings. The lowest BCUT2D eigenvalue weighted by Gasteiger charge is -2.34. The van der Waals surface area contributed by atoms with Gasteiger partial charge in [-0.1, -0.05) is 0 Å². The Bertz CT molecular complexity index is 505. The van der Waals surface area contributed by atoms with Gasteiger partial charge in [0.25, 0.3) is 0 Å². The molecule has 1 atom stereocenters. The second-order valence-electron chi connectivity index (χ2n) is 3.80. The summed E-state index contributed by atoms with van der Waals surface area (Å²) in [4.78, 5) is 10.3. The van der Waals surface area contributed by atoms with Crippen LogP contribution in [0.15, 0.2) is 0 Å². The topological polar surface area (TPSA) is 65.0 Å². The number of carbonyl (C=O) groups is 1. The highest BCUT2D eigenvalue weighted by atomic mass is 19.3. The van der Waals surface area contributed by atoms with E-state index in [1.807, 2.05) is 9.47 Å². The normalized spacial score (nSPS) is 34.7. The van der Waals surface area contributed by atoms with Crippen LogP contribution >= 0.6 is 0 Å². The van der Waals surface area contributed by atoms with Crippen molar-refractivity contribution in [3.8, 4) is 0 Å². The summed E-state index contributed by atoms with van der Waals surface area (Å²) in [5.41, 5.74) is -6.75. The summed E-state index contributed by atoms with van der Waals surface area (Å²) in [6, 6.07) is 0. The molecule has 0 aliphatic carbocycles. The van der Waals surface area contributed by atoms with Gasteiger partial charge in [0, 0.05) is 0 Å². The molecular formula is C7HF11O5. The number of hydrogen-bond donors (Lipinski definition) is 1. The third kappa shape index (κ3) is 2.89. The van der Waals surface area contributed by atoms with Crippen LogP contribution in [0, 0.1) is 0 Å². The molecule has 0 spiro atoms. The standard InChI is InChI=1S/C7HF11O5/c8-2(1(19)20)3(9,10)21-5(13,14)6(15,16)23-7(17,18)22-4(2,11)12/h(H,19,20). The van der Waals surface area contributed by atoms with Crippen molar-refractivity contribution in [3.63, 3.8) is 0 Å². The Morgan fingerprint density at radius 1 is 0.609 bits per heavy atom. The maximum Gasteiger partial charge on any atom is 0.495 e. The molecule has 1 unspecified atom stereocenters. The highest BCUT2D eigenvalue weighted by Gasteiger charge is 2.85. The Morgan fingerprint density at radius 3 is 1.30 bits per heavy atom. The number of alkyl halides is 11. The monoisotopic (exact) mass is 374 g/mol. The molecule has 0 radical (unpaired) electrons. The average Bonchev–Trinajstić information content (AvgIpc) is 2.21. The molecule has 1 rings (SSSR count). The fourth-order valence-corrected chi connectivity index (χ4v) is 1.16. The number of ether oxygens (including phenoxy) is 3. The molecular weight excluding hydrogens is 373 g/mol. The molecule has 1 aliphatic heterocycles. The summed E-state index contributed by atoms with van der Waals surface area (Å²) in [5.74, 6) is -4.04. The number of carboxylic acid groups (broad SMARTS) is 1. The van der Waals surface area contributed by atoms with E-state index in [-0.39, 0.29) is 0 Å². The Kier molecular flexibility index (Phi) is 4.09. The lowest BCUT2D eigenvalue weighted by atomic mass is 10.0. The molecule has 1 heterocycles. The smallest absolute Gasteiger partial charge is 0.478 e. The molecule has 0 amide bonds. The number of aliphatic carboxylic acids is 1. The summed E-state index contributed by atoms with van der Waals surface area (Å²) < 4.78 is 147. The summed E-state index contributed by atoms with van der Waals surface area (Å²) in [7, 11) is 0. The first-order valence-corrected chi connectivity index (χ1v) is 4.73. The van der Waals surface area contributed by atoms with Gasteiger partial charge in [-0.05, 0) is 0 Å². The number of halogens is 11. The Morgan fingerprint density at radius 2 is 0.913 bits per heavy atom. The van der Waals surface area contributed by atoms with Gasteiger partial charge in [0.1, 0.15) is 0 Å². The van der Waals surface area contributed by atoms with Crippen LogP contribution in [0.2, 0.25) is 0 Å². The predicted octanol–water partition coefficient (Wildman–Crippen LogP) is 2.76. The Balaban J connectivity index is 3.68. The molecule has 0 saturated carbocycles. The van der Waals surface area contributed by atoms with Gasteiger partial charge in [-0.25, -0.2) is 23.4 Å². The highest BCUT2D eigenvalue weighted by Crippen LogP contribution is 2.54. The van der Waals surface area contributed by atoms with Gasteiger partial charge in [-0.15, -0.1) is 8.78 Å². The van der Waals surface area contributed by atoms with Crippen LogP contribution in [0.3, 0.4) is 0 Å². The Labute approximate surface area is 116 Å². The van der Waals surface area contributed by atoms with Crippen molar-refractivity contribution in [2.24, 2.45) is 0 Å². The van der Waals surface area contributed by atoms with Gasteiger partial charge in [-0.3, -0.25) is 0 Å². The van der Waals surface area contributed by atoms with Gasteiger partial charge >= 0.3 is 42.4 Å². The molecule has 1 saturated heterocycles. The van der Waals surface area contributed by atoms with E-state index in [1.54, 1.807) is 4.74 Å². The Hall–Kier alpha value is -1.42. The van der Waals surface area contributed by atoms with Crippen molar-refractivity contribution in [1.82, 2.24) is 0 Å². The molecule has 0 aromatic heterocycles. The van der Waals surface area contributed by atoms with Crippen LogP contribution in [0.25, 0.3) is 0 Å². The summed E-state index contributed by atoms with van der Waals surface area (Å²) >= 11 is 0. The molecule has 5 nitrogen and oxygen atoms in total. The minimum Gasteiger partial charge on any atom is -0.478 e. The largest absolute Gasteiger partial charge is 0.495 e. The third-order valence-corrected chi connectivity index (χ3v) is 2.19. The molecule has 0 aromatic rings. The minimum atomic E-state index is -6.97. The lowest BCUT2D eigenvalue weighted by molar-refractivity contribution is -0.549. The van der Waals surface area contributed by atoms with Gasteiger partial charge < -0.3 is 5.11 Å². The average molecular weight is 374 g/mol. The van der Waals surface area contributed by atoms with E-state index in [2.05, 4.69) is 0 Å². The fraction of sp³-hybridized carbons (Fsp3) is 0.857. The van der Waals surface area contributed by atoms with Gasteiger partial charge in [0.05, 0.1) is 0 Å². The fourth-order valence-electron chi connectivity index (χ4n) is 1.16. The van der Waals surface area contributed by atoms with E-state index < -0.39 is 42.4 Å². The summed E-state index contributed by atoms with van der Waals surface area (Å²) in [6.07, 6.45) is -34.0. The lowest BCUT2D eigenvalue weighted by Crippen LogP contribution is -2.66.